The summed E-state index contributed by atoms with van der Waals surface area (Å²) in [6.07, 6.45) is 3.64. The highest BCUT2D eigenvalue weighted by Crippen LogP contribution is 2.39. The molecule has 0 aromatic heterocycles. The van der Waals surface area contributed by atoms with Crippen LogP contribution in [0, 0.1) is 0 Å². The van der Waals surface area contributed by atoms with Gasteiger partial charge in [0.05, 0.1) is 13.0 Å². The van der Waals surface area contributed by atoms with Crippen molar-refractivity contribution in [3.8, 4) is 5.75 Å². The molecule has 4 nitrogen and oxygen atoms in total. The SMILES string of the molecule is COCCc1ccc(OC2(CC(=O)O)CCC2)cc1. The first kappa shape index (κ1) is 13.9. The number of carbonyl (C=O) groups is 1. The Balaban J connectivity index is 1.96. The topological polar surface area (TPSA) is 55.8 Å². The predicted molar refractivity (Wildman–Crippen MR) is 71.5 cm³/mol. The Morgan fingerprint density at radius 2 is 2.00 bits per heavy atom. The highest BCUT2D eigenvalue weighted by atomic mass is 16.5. The fourth-order valence-corrected chi connectivity index (χ4v) is 2.36. The second-order valence-electron chi connectivity index (χ2n) is 5.10. The summed E-state index contributed by atoms with van der Waals surface area (Å²) in [6, 6.07) is 7.82. The van der Waals surface area contributed by atoms with Crippen LogP contribution in [-0.4, -0.2) is 30.4 Å². The van der Waals surface area contributed by atoms with E-state index < -0.39 is 11.6 Å². The van der Waals surface area contributed by atoms with E-state index in [9.17, 15) is 4.79 Å². The Bertz CT molecular complexity index is 420. The van der Waals surface area contributed by atoms with Gasteiger partial charge < -0.3 is 14.6 Å². The number of carboxylic acids is 1. The second kappa shape index (κ2) is 6.06. The van der Waals surface area contributed by atoms with Crippen LogP contribution in [0.15, 0.2) is 24.3 Å². The van der Waals surface area contributed by atoms with Crippen LogP contribution in [0.25, 0.3) is 0 Å². The van der Waals surface area contributed by atoms with Gasteiger partial charge in [0.15, 0.2) is 0 Å². The van der Waals surface area contributed by atoms with Crippen LogP contribution >= 0.6 is 0 Å². The maximum Gasteiger partial charge on any atom is 0.307 e. The molecule has 0 heterocycles. The maximum absolute atomic E-state index is 10.9. The van der Waals surface area contributed by atoms with Crippen LogP contribution in [0.3, 0.4) is 0 Å². The minimum atomic E-state index is -0.795. The molecule has 0 aliphatic heterocycles. The van der Waals surface area contributed by atoms with Crippen LogP contribution in [0.2, 0.25) is 0 Å². The molecule has 0 unspecified atom stereocenters. The van der Waals surface area contributed by atoms with Gasteiger partial charge in [-0.2, -0.15) is 0 Å². The molecule has 0 radical (unpaired) electrons. The number of ether oxygens (including phenoxy) is 2. The van der Waals surface area contributed by atoms with Crippen molar-refractivity contribution in [1.82, 2.24) is 0 Å². The first-order valence-corrected chi connectivity index (χ1v) is 6.62. The van der Waals surface area contributed by atoms with Gasteiger partial charge >= 0.3 is 5.97 Å². The van der Waals surface area contributed by atoms with E-state index in [0.717, 1.165) is 31.4 Å². The van der Waals surface area contributed by atoms with E-state index in [1.165, 1.54) is 5.56 Å². The van der Waals surface area contributed by atoms with Crippen molar-refractivity contribution in [3.05, 3.63) is 29.8 Å². The van der Waals surface area contributed by atoms with Crippen molar-refractivity contribution in [1.29, 1.82) is 0 Å². The van der Waals surface area contributed by atoms with Crippen molar-refractivity contribution >= 4 is 5.97 Å². The van der Waals surface area contributed by atoms with Crippen LogP contribution < -0.4 is 4.74 Å². The molecule has 1 fully saturated rings. The number of rotatable bonds is 7. The molecule has 19 heavy (non-hydrogen) atoms. The van der Waals surface area contributed by atoms with E-state index in [0.29, 0.717) is 6.61 Å². The van der Waals surface area contributed by atoms with Gasteiger partial charge in [-0.1, -0.05) is 12.1 Å². The normalized spacial score (nSPS) is 16.7. The number of hydrogen-bond donors (Lipinski definition) is 1. The third-order valence-corrected chi connectivity index (χ3v) is 3.59. The third-order valence-electron chi connectivity index (χ3n) is 3.59. The smallest absolute Gasteiger partial charge is 0.307 e. The first-order valence-electron chi connectivity index (χ1n) is 6.62. The van der Waals surface area contributed by atoms with Crippen LogP contribution in [0.4, 0.5) is 0 Å². The molecule has 1 saturated carbocycles. The maximum atomic E-state index is 10.9. The van der Waals surface area contributed by atoms with Gasteiger partial charge in [-0.15, -0.1) is 0 Å². The molecule has 1 aromatic rings. The fourth-order valence-electron chi connectivity index (χ4n) is 2.36. The molecule has 0 atom stereocenters. The Kier molecular flexibility index (Phi) is 4.43. The van der Waals surface area contributed by atoms with E-state index >= 15 is 0 Å². The molecule has 1 aliphatic rings. The molecule has 0 amide bonds. The first-order chi connectivity index (χ1) is 9.13. The predicted octanol–water partition coefficient (Wildman–Crippen LogP) is 2.65. The van der Waals surface area contributed by atoms with Gasteiger partial charge in [-0.05, 0) is 43.4 Å². The summed E-state index contributed by atoms with van der Waals surface area (Å²) < 4.78 is 10.9. The lowest BCUT2D eigenvalue weighted by Crippen LogP contribution is -2.45. The van der Waals surface area contributed by atoms with Gasteiger partial charge in [-0.25, -0.2) is 0 Å². The van der Waals surface area contributed by atoms with Gasteiger partial charge in [0, 0.05) is 7.11 Å². The lowest BCUT2D eigenvalue weighted by molar-refractivity contribution is -0.144. The number of hydrogen-bond acceptors (Lipinski definition) is 3. The molecule has 1 aliphatic carbocycles. The molecule has 1 N–H and O–H groups in total. The standard InChI is InChI=1S/C15H20O4/c1-18-10-7-12-3-5-13(6-4-12)19-15(8-2-9-15)11-14(16)17/h3-6H,2,7-11H2,1H3,(H,16,17). The minimum Gasteiger partial charge on any atom is -0.487 e. The summed E-state index contributed by atoms with van der Waals surface area (Å²) in [4.78, 5) is 10.9. The zero-order valence-electron chi connectivity index (χ0n) is 11.2. The largest absolute Gasteiger partial charge is 0.487 e. The number of benzene rings is 1. The van der Waals surface area contributed by atoms with Crippen molar-refractivity contribution < 1.29 is 19.4 Å². The molecule has 0 spiro atoms. The summed E-state index contributed by atoms with van der Waals surface area (Å²) in [7, 11) is 1.68. The number of carboxylic acid groups (broad SMARTS) is 1. The van der Waals surface area contributed by atoms with Gasteiger partial charge in [-0.3, -0.25) is 4.79 Å². The third kappa shape index (κ3) is 3.70. The second-order valence-corrected chi connectivity index (χ2v) is 5.10. The van der Waals surface area contributed by atoms with E-state index in [-0.39, 0.29) is 6.42 Å². The average molecular weight is 264 g/mol. The summed E-state index contributed by atoms with van der Waals surface area (Å²) in [5.41, 5.74) is 0.704. The number of aliphatic carboxylic acids is 1. The highest BCUT2D eigenvalue weighted by molar-refractivity contribution is 5.68. The van der Waals surface area contributed by atoms with Crippen molar-refractivity contribution in [2.75, 3.05) is 13.7 Å². The zero-order chi connectivity index (χ0) is 13.7. The van der Waals surface area contributed by atoms with Crippen LogP contribution in [-0.2, 0) is 16.0 Å². The minimum absolute atomic E-state index is 0.0818. The fraction of sp³-hybridized carbons (Fsp3) is 0.533. The monoisotopic (exact) mass is 264 g/mol. The molecular weight excluding hydrogens is 244 g/mol. The molecular formula is C15H20O4. The van der Waals surface area contributed by atoms with Gasteiger partial charge in [0.2, 0.25) is 0 Å². The molecule has 4 heteroatoms. The zero-order valence-corrected chi connectivity index (χ0v) is 11.2. The van der Waals surface area contributed by atoms with E-state index in [1.54, 1.807) is 7.11 Å². The summed E-state index contributed by atoms with van der Waals surface area (Å²) >= 11 is 0. The molecule has 104 valence electrons. The van der Waals surface area contributed by atoms with Gasteiger partial charge in [0.25, 0.3) is 0 Å². The van der Waals surface area contributed by atoms with Crippen molar-refractivity contribution in [3.63, 3.8) is 0 Å². The lowest BCUT2D eigenvalue weighted by Gasteiger charge is -2.40. The van der Waals surface area contributed by atoms with E-state index in [2.05, 4.69) is 0 Å². The Morgan fingerprint density at radius 1 is 1.32 bits per heavy atom. The summed E-state index contributed by atoms with van der Waals surface area (Å²) in [5, 5.41) is 8.94. The Hall–Kier alpha value is -1.55. The Morgan fingerprint density at radius 3 is 2.47 bits per heavy atom. The number of methoxy groups -OCH3 is 1. The quantitative estimate of drug-likeness (QED) is 0.822. The Labute approximate surface area is 113 Å². The van der Waals surface area contributed by atoms with Crippen molar-refractivity contribution in [2.24, 2.45) is 0 Å². The van der Waals surface area contributed by atoms with Crippen LogP contribution in [0.5, 0.6) is 5.75 Å². The molecule has 1 aromatic carbocycles. The highest BCUT2D eigenvalue weighted by Gasteiger charge is 2.41. The lowest BCUT2D eigenvalue weighted by atomic mass is 9.77. The summed E-state index contributed by atoms with van der Waals surface area (Å²) in [5.74, 6) is -0.0430. The molecule has 0 bridgehead atoms. The average Bonchev–Trinajstić information content (AvgIpc) is 2.35. The summed E-state index contributed by atoms with van der Waals surface area (Å²) in [6.45, 7) is 0.698. The van der Waals surface area contributed by atoms with Crippen LogP contribution in [0.1, 0.15) is 31.2 Å². The van der Waals surface area contributed by atoms with Crippen molar-refractivity contribution in [2.45, 2.75) is 37.7 Å². The van der Waals surface area contributed by atoms with E-state index in [1.807, 2.05) is 24.3 Å². The van der Waals surface area contributed by atoms with Gasteiger partial charge in [0.1, 0.15) is 11.4 Å². The van der Waals surface area contributed by atoms with E-state index in [4.69, 9.17) is 14.6 Å². The molecule has 0 saturated heterocycles. The molecule has 2 rings (SSSR count).